The van der Waals surface area contributed by atoms with Crippen LogP contribution in [-0.2, 0) is 9.59 Å². The number of nitrogens with zero attached hydrogens (tertiary/aromatic N) is 1. The second-order valence-corrected chi connectivity index (χ2v) is 3.63. The van der Waals surface area contributed by atoms with E-state index in [2.05, 4.69) is 0 Å². The molecule has 1 N–H and O–H groups in total. The number of carboxylic acids is 1. The lowest BCUT2D eigenvalue weighted by atomic mass is 10.2. The second kappa shape index (κ2) is 4.11. The Hall–Kier alpha value is -1.41. The number of alkyl halides is 5. The molecule has 0 radical (unpaired) electrons. The first-order valence-corrected chi connectivity index (χ1v) is 4.54. The Kier molecular flexibility index (Phi) is 3.30. The number of carbonyl (C=O) groups is 2. The summed E-state index contributed by atoms with van der Waals surface area (Å²) in [6, 6.07) is -0.841. The van der Waals surface area contributed by atoms with Crippen molar-refractivity contribution >= 4 is 11.9 Å². The molecular weight excluding hydrogens is 253 g/mol. The van der Waals surface area contributed by atoms with E-state index in [-0.39, 0.29) is 17.7 Å². The topological polar surface area (TPSA) is 57.6 Å². The molecule has 0 aromatic carbocycles. The number of halogens is 5. The van der Waals surface area contributed by atoms with Gasteiger partial charge in [-0.3, -0.25) is 9.59 Å². The zero-order chi connectivity index (χ0) is 13.4. The van der Waals surface area contributed by atoms with Crippen molar-refractivity contribution in [3.8, 4) is 0 Å². The van der Waals surface area contributed by atoms with Crippen LogP contribution in [0.1, 0.15) is 12.8 Å². The number of hydrogen-bond donors (Lipinski definition) is 1. The van der Waals surface area contributed by atoms with E-state index in [1.54, 1.807) is 0 Å². The van der Waals surface area contributed by atoms with Gasteiger partial charge in [0.1, 0.15) is 6.54 Å². The van der Waals surface area contributed by atoms with Crippen molar-refractivity contribution in [2.24, 2.45) is 0 Å². The Labute approximate surface area is 92.0 Å². The van der Waals surface area contributed by atoms with Gasteiger partial charge in [-0.05, 0) is 12.8 Å². The molecule has 0 bridgehead atoms. The van der Waals surface area contributed by atoms with Crippen LogP contribution in [-0.4, -0.2) is 46.6 Å². The monoisotopic (exact) mass is 261 g/mol. The average molecular weight is 261 g/mol. The number of aliphatic carboxylic acids is 1. The molecule has 98 valence electrons. The standard InChI is InChI=1S/C8H8F5NO3/c9-7(10,8(11,12)13)6(17)14(3-5(15)16)4-1-2-4/h4H,1-3H2,(H,15,16). The molecule has 9 heteroatoms. The van der Waals surface area contributed by atoms with Crippen LogP contribution < -0.4 is 0 Å². The molecule has 0 aliphatic heterocycles. The van der Waals surface area contributed by atoms with Gasteiger partial charge in [0.2, 0.25) is 0 Å². The molecule has 0 atom stereocenters. The van der Waals surface area contributed by atoms with E-state index >= 15 is 0 Å². The third-order valence-electron chi connectivity index (χ3n) is 2.18. The van der Waals surface area contributed by atoms with Gasteiger partial charge in [0.15, 0.2) is 0 Å². The molecule has 1 fully saturated rings. The quantitative estimate of drug-likeness (QED) is 0.775. The Bertz CT molecular complexity index is 337. The average Bonchev–Trinajstić information content (AvgIpc) is 2.93. The van der Waals surface area contributed by atoms with Gasteiger partial charge in [-0.15, -0.1) is 0 Å². The normalized spacial score (nSPS) is 16.8. The first kappa shape index (κ1) is 13.7. The number of hydrogen-bond acceptors (Lipinski definition) is 2. The van der Waals surface area contributed by atoms with Crippen LogP contribution in [0.2, 0.25) is 0 Å². The van der Waals surface area contributed by atoms with E-state index in [1.807, 2.05) is 0 Å². The van der Waals surface area contributed by atoms with Gasteiger partial charge in [0, 0.05) is 6.04 Å². The summed E-state index contributed by atoms with van der Waals surface area (Å²) < 4.78 is 61.2. The fourth-order valence-corrected chi connectivity index (χ4v) is 1.20. The van der Waals surface area contributed by atoms with Gasteiger partial charge >= 0.3 is 24.0 Å². The highest BCUT2D eigenvalue weighted by Crippen LogP contribution is 2.39. The van der Waals surface area contributed by atoms with Gasteiger partial charge in [0.25, 0.3) is 0 Å². The summed E-state index contributed by atoms with van der Waals surface area (Å²) in [6.07, 6.45) is -5.56. The third-order valence-corrected chi connectivity index (χ3v) is 2.18. The predicted molar refractivity (Wildman–Crippen MR) is 43.4 cm³/mol. The summed E-state index contributed by atoms with van der Waals surface area (Å²) in [5.41, 5.74) is 0. The molecule has 0 aromatic rings. The molecule has 0 aromatic heterocycles. The van der Waals surface area contributed by atoms with Crippen LogP contribution >= 0.6 is 0 Å². The lowest BCUT2D eigenvalue weighted by molar-refractivity contribution is -0.274. The molecule has 0 unspecified atom stereocenters. The summed E-state index contributed by atoms with van der Waals surface area (Å²) in [6.45, 7) is -1.16. The van der Waals surface area contributed by atoms with Gasteiger partial charge in [-0.2, -0.15) is 22.0 Å². The zero-order valence-corrected chi connectivity index (χ0v) is 8.30. The van der Waals surface area contributed by atoms with Crippen molar-refractivity contribution in [1.29, 1.82) is 0 Å². The smallest absolute Gasteiger partial charge is 0.463 e. The highest BCUT2D eigenvalue weighted by Gasteiger charge is 2.65. The SMILES string of the molecule is O=C(O)CN(C(=O)C(F)(F)C(F)(F)F)C1CC1. The van der Waals surface area contributed by atoms with Gasteiger partial charge < -0.3 is 10.0 Å². The second-order valence-electron chi connectivity index (χ2n) is 3.63. The minimum absolute atomic E-state index is 0.0653. The van der Waals surface area contributed by atoms with E-state index < -0.39 is 36.6 Å². The maximum atomic E-state index is 12.7. The van der Waals surface area contributed by atoms with E-state index in [0.29, 0.717) is 0 Å². The van der Waals surface area contributed by atoms with Gasteiger partial charge in [-0.25, -0.2) is 0 Å². The minimum atomic E-state index is -6.02. The molecule has 1 aliphatic rings. The Balaban J connectivity index is 2.88. The van der Waals surface area contributed by atoms with Crippen molar-refractivity contribution in [1.82, 2.24) is 4.90 Å². The van der Waals surface area contributed by atoms with Crippen LogP contribution in [0.5, 0.6) is 0 Å². The van der Waals surface area contributed by atoms with E-state index in [4.69, 9.17) is 5.11 Å². The Morgan fingerprint density at radius 2 is 1.65 bits per heavy atom. The molecule has 1 saturated carbocycles. The largest absolute Gasteiger partial charge is 0.480 e. The van der Waals surface area contributed by atoms with Crippen molar-refractivity contribution in [3.63, 3.8) is 0 Å². The molecule has 0 spiro atoms. The summed E-state index contributed by atoms with van der Waals surface area (Å²) in [4.78, 5) is 21.4. The molecule has 17 heavy (non-hydrogen) atoms. The molecule has 1 rings (SSSR count). The van der Waals surface area contributed by atoms with E-state index in [1.165, 1.54) is 0 Å². The number of carbonyl (C=O) groups excluding carboxylic acids is 1. The minimum Gasteiger partial charge on any atom is -0.480 e. The Morgan fingerprint density at radius 3 is 1.94 bits per heavy atom. The predicted octanol–water partition coefficient (Wildman–Crippen LogP) is 1.26. The van der Waals surface area contributed by atoms with E-state index in [9.17, 15) is 31.5 Å². The van der Waals surface area contributed by atoms with Crippen molar-refractivity contribution in [2.45, 2.75) is 31.0 Å². The van der Waals surface area contributed by atoms with E-state index in [0.717, 1.165) is 0 Å². The molecule has 0 heterocycles. The lowest BCUT2D eigenvalue weighted by Crippen LogP contribution is -2.54. The fraction of sp³-hybridized carbons (Fsp3) is 0.750. The molecule has 0 saturated heterocycles. The number of carboxylic acid groups (broad SMARTS) is 1. The molecule has 1 amide bonds. The van der Waals surface area contributed by atoms with Crippen LogP contribution in [0.3, 0.4) is 0 Å². The molecule has 1 aliphatic carbocycles. The highest BCUT2D eigenvalue weighted by atomic mass is 19.4. The highest BCUT2D eigenvalue weighted by molar-refractivity contribution is 5.88. The van der Waals surface area contributed by atoms with Gasteiger partial charge in [0.05, 0.1) is 0 Å². The summed E-state index contributed by atoms with van der Waals surface area (Å²) in [5, 5.41) is 8.36. The molecule has 4 nitrogen and oxygen atoms in total. The van der Waals surface area contributed by atoms with Crippen molar-refractivity contribution in [2.75, 3.05) is 6.54 Å². The lowest BCUT2D eigenvalue weighted by Gasteiger charge is -2.26. The van der Waals surface area contributed by atoms with Crippen molar-refractivity contribution in [3.05, 3.63) is 0 Å². The Morgan fingerprint density at radius 1 is 1.18 bits per heavy atom. The number of rotatable bonds is 4. The van der Waals surface area contributed by atoms with Gasteiger partial charge in [-0.1, -0.05) is 0 Å². The molecular formula is C8H8F5NO3. The number of amides is 1. The van der Waals surface area contributed by atoms with Crippen molar-refractivity contribution < 1.29 is 36.6 Å². The maximum absolute atomic E-state index is 12.7. The summed E-state index contributed by atoms with van der Waals surface area (Å²) in [7, 11) is 0. The summed E-state index contributed by atoms with van der Waals surface area (Å²) >= 11 is 0. The maximum Gasteiger partial charge on any atom is 0.463 e. The zero-order valence-electron chi connectivity index (χ0n) is 8.30. The van der Waals surface area contributed by atoms with Crippen LogP contribution in [0.15, 0.2) is 0 Å². The van der Waals surface area contributed by atoms with Crippen LogP contribution in [0, 0.1) is 0 Å². The first-order valence-electron chi connectivity index (χ1n) is 4.54. The third kappa shape index (κ3) is 2.83. The fourth-order valence-electron chi connectivity index (χ4n) is 1.20. The summed E-state index contributed by atoms with van der Waals surface area (Å²) in [5.74, 6) is -9.69. The first-order chi connectivity index (χ1) is 7.57. The van der Waals surface area contributed by atoms with Crippen LogP contribution in [0.4, 0.5) is 22.0 Å². The van der Waals surface area contributed by atoms with Crippen LogP contribution in [0.25, 0.3) is 0 Å².